The van der Waals surface area contributed by atoms with Gasteiger partial charge in [-0.1, -0.05) is 19.1 Å². The molecule has 1 aromatic heterocycles. The Hall–Kier alpha value is -3.70. The molecule has 202 valence electrons. The van der Waals surface area contributed by atoms with Crippen molar-refractivity contribution in [2.75, 3.05) is 50.4 Å². The fourth-order valence-corrected chi connectivity index (χ4v) is 4.25. The predicted molar refractivity (Wildman–Crippen MR) is 140 cm³/mol. The molecule has 38 heavy (non-hydrogen) atoms. The van der Waals surface area contributed by atoms with Crippen LogP contribution >= 0.6 is 0 Å². The Balaban J connectivity index is 1.50. The average molecular weight is 529 g/mol. The smallest absolute Gasteiger partial charge is 0.416 e. The van der Waals surface area contributed by atoms with Gasteiger partial charge >= 0.3 is 6.18 Å². The first kappa shape index (κ1) is 27.3. The molecular formula is C27H31F3N6O2. The van der Waals surface area contributed by atoms with Gasteiger partial charge in [-0.2, -0.15) is 18.2 Å². The van der Waals surface area contributed by atoms with Crippen LogP contribution in [0.25, 0.3) is 0 Å². The summed E-state index contributed by atoms with van der Waals surface area (Å²) in [4.78, 5) is 25.5. The molecule has 2 aromatic carbocycles. The van der Waals surface area contributed by atoms with Crippen LogP contribution < -0.4 is 15.4 Å². The first-order valence-corrected chi connectivity index (χ1v) is 12.4. The van der Waals surface area contributed by atoms with Crippen LogP contribution in [0.3, 0.4) is 0 Å². The number of nitrogens with zero attached hydrogens (tertiary/aromatic N) is 4. The van der Waals surface area contributed by atoms with Crippen molar-refractivity contribution < 1.29 is 22.7 Å². The van der Waals surface area contributed by atoms with E-state index < -0.39 is 17.6 Å². The number of hydrogen-bond donors (Lipinski definition) is 2. The molecule has 1 aliphatic heterocycles. The zero-order valence-corrected chi connectivity index (χ0v) is 21.6. The van der Waals surface area contributed by atoms with Gasteiger partial charge < -0.3 is 20.3 Å². The number of alkyl halides is 3. The van der Waals surface area contributed by atoms with Gasteiger partial charge in [0.15, 0.2) is 0 Å². The summed E-state index contributed by atoms with van der Waals surface area (Å²) in [6.45, 7) is 8.13. The summed E-state index contributed by atoms with van der Waals surface area (Å²) in [6, 6.07) is 10.4. The van der Waals surface area contributed by atoms with Crippen molar-refractivity contribution in [1.82, 2.24) is 19.8 Å². The molecule has 0 spiro atoms. The fraction of sp³-hybridized carbons (Fsp3) is 0.370. The molecule has 8 nitrogen and oxygen atoms in total. The third kappa shape index (κ3) is 6.78. The van der Waals surface area contributed by atoms with Gasteiger partial charge in [0, 0.05) is 63.3 Å². The number of amides is 1. The second kappa shape index (κ2) is 11.8. The lowest BCUT2D eigenvalue weighted by molar-refractivity contribution is -0.138. The van der Waals surface area contributed by atoms with Crippen molar-refractivity contribution in [1.29, 1.82) is 0 Å². The molecule has 1 aliphatic rings. The Morgan fingerprint density at radius 2 is 1.79 bits per heavy atom. The van der Waals surface area contributed by atoms with E-state index in [9.17, 15) is 18.0 Å². The molecule has 1 saturated heterocycles. The Morgan fingerprint density at radius 1 is 1.05 bits per heavy atom. The van der Waals surface area contributed by atoms with Crippen LogP contribution in [0, 0.1) is 6.92 Å². The first-order chi connectivity index (χ1) is 18.2. The minimum atomic E-state index is -4.55. The maximum Gasteiger partial charge on any atom is 0.416 e. The molecule has 2 N–H and O–H groups in total. The lowest BCUT2D eigenvalue weighted by Gasteiger charge is -2.34. The Morgan fingerprint density at radius 3 is 2.47 bits per heavy atom. The van der Waals surface area contributed by atoms with Crippen molar-refractivity contribution in [3.05, 3.63) is 70.9 Å². The normalized spacial score (nSPS) is 14.8. The van der Waals surface area contributed by atoms with Gasteiger partial charge in [-0.25, -0.2) is 4.98 Å². The van der Waals surface area contributed by atoms with Crippen LogP contribution in [-0.2, 0) is 12.7 Å². The van der Waals surface area contributed by atoms with Crippen molar-refractivity contribution in [3.63, 3.8) is 0 Å². The number of aryl methyl sites for hydroxylation is 1. The number of likely N-dealkylation sites (N-methyl/N-ethyl adjacent to an activating group) is 1. The molecule has 3 aromatic rings. The fourth-order valence-electron chi connectivity index (χ4n) is 4.25. The highest BCUT2D eigenvalue weighted by Gasteiger charge is 2.34. The van der Waals surface area contributed by atoms with E-state index in [1.54, 1.807) is 25.2 Å². The number of hydrogen-bond acceptors (Lipinski definition) is 7. The topological polar surface area (TPSA) is 82.6 Å². The first-order valence-electron chi connectivity index (χ1n) is 12.4. The third-order valence-electron chi connectivity index (χ3n) is 6.50. The van der Waals surface area contributed by atoms with Crippen LogP contribution in [0.1, 0.15) is 34.0 Å². The maximum atomic E-state index is 13.9. The predicted octanol–water partition coefficient (Wildman–Crippen LogP) is 5.03. The summed E-state index contributed by atoms with van der Waals surface area (Å²) in [6.07, 6.45) is -3.01. The van der Waals surface area contributed by atoms with Crippen LogP contribution in [-0.4, -0.2) is 65.4 Å². The number of benzene rings is 2. The highest BCUT2D eigenvalue weighted by molar-refractivity contribution is 6.04. The van der Waals surface area contributed by atoms with E-state index in [1.807, 2.05) is 11.8 Å². The molecule has 2 heterocycles. The van der Waals surface area contributed by atoms with E-state index in [0.29, 0.717) is 24.8 Å². The number of nitrogens with one attached hydrogen (secondary N) is 2. The minimum Gasteiger partial charge on any atom is -0.439 e. The molecule has 0 radical (unpaired) electrons. The van der Waals surface area contributed by atoms with E-state index in [0.717, 1.165) is 31.3 Å². The monoisotopic (exact) mass is 528 g/mol. The minimum absolute atomic E-state index is 0.0689. The number of carbonyl (C=O) groups excluding carboxylic acids is 1. The number of carbonyl (C=O) groups is 1. The standard InChI is InChI=1S/C27H31F3N6O2/c1-4-35-11-13-36(14-12-35)17-20-7-8-21(16-22(20)27(28,29)30)33-25(37)19-6-5-18(2)23(15-19)38-24-9-10-32-26(31-3)34-24/h5-10,15-16H,4,11-14,17H2,1-3H3,(H,33,37)(H,31,32,34). The number of anilines is 2. The molecule has 1 fully saturated rings. The number of piperazine rings is 1. The maximum absolute atomic E-state index is 13.9. The summed E-state index contributed by atoms with van der Waals surface area (Å²) >= 11 is 0. The van der Waals surface area contributed by atoms with Gasteiger partial charge in [-0.15, -0.1) is 0 Å². The molecule has 0 bridgehead atoms. The highest BCUT2D eigenvalue weighted by atomic mass is 19.4. The van der Waals surface area contributed by atoms with Crippen molar-refractivity contribution >= 4 is 17.5 Å². The SMILES string of the molecule is CCN1CCN(Cc2ccc(NC(=O)c3ccc(C)c(Oc4ccnc(NC)n4)c3)cc2C(F)(F)F)CC1. The molecule has 4 rings (SSSR count). The van der Waals surface area contributed by atoms with Gasteiger partial charge in [0.05, 0.1) is 5.56 Å². The summed E-state index contributed by atoms with van der Waals surface area (Å²) in [5.41, 5.74) is 0.511. The van der Waals surface area contributed by atoms with Crippen molar-refractivity contribution in [2.24, 2.45) is 0 Å². The van der Waals surface area contributed by atoms with E-state index in [1.165, 1.54) is 24.4 Å². The summed E-state index contributed by atoms with van der Waals surface area (Å²) in [7, 11) is 1.68. The van der Waals surface area contributed by atoms with E-state index in [4.69, 9.17) is 4.74 Å². The zero-order valence-electron chi connectivity index (χ0n) is 21.6. The number of halogens is 3. The lowest BCUT2D eigenvalue weighted by atomic mass is 10.0. The highest BCUT2D eigenvalue weighted by Crippen LogP contribution is 2.35. The summed E-state index contributed by atoms with van der Waals surface area (Å²) < 4.78 is 47.7. The van der Waals surface area contributed by atoms with Crippen LogP contribution in [0.15, 0.2) is 48.7 Å². The van der Waals surface area contributed by atoms with Crippen LogP contribution in [0.2, 0.25) is 0 Å². The van der Waals surface area contributed by atoms with E-state index >= 15 is 0 Å². The summed E-state index contributed by atoms with van der Waals surface area (Å²) in [5, 5.41) is 5.41. The van der Waals surface area contributed by atoms with Gasteiger partial charge in [-0.3, -0.25) is 9.69 Å². The molecular weight excluding hydrogens is 497 g/mol. The second-order valence-corrected chi connectivity index (χ2v) is 9.09. The van der Waals surface area contributed by atoms with Crippen LogP contribution in [0.4, 0.5) is 24.8 Å². The largest absolute Gasteiger partial charge is 0.439 e. The third-order valence-corrected chi connectivity index (χ3v) is 6.50. The van der Waals surface area contributed by atoms with E-state index in [-0.39, 0.29) is 29.2 Å². The molecule has 11 heteroatoms. The molecule has 0 saturated carbocycles. The van der Waals surface area contributed by atoms with Gasteiger partial charge in [-0.05, 0) is 48.9 Å². The Labute approximate surface area is 219 Å². The summed E-state index contributed by atoms with van der Waals surface area (Å²) in [5.74, 6) is 0.505. The van der Waals surface area contributed by atoms with E-state index in [2.05, 4.69) is 32.4 Å². The van der Waals surface area contributed by atoms with Gasteiger partial charge in [0.1, 0.15) is 5.75 Å². The van der Waals surface area contributed by atoms with Gasteiger partial charge in [0.2, 0.25) is 11.8 Å². The number of aromatic nitrogens is 2. The average Bonchev–Trinajstić information content (AvgIpc) is 2.90. The van der Waals surface area contributed by atoms with Crippen LogP contribution in [0.5, 0.6) is 11.6 Å². The number of ether oxygens (including phenoxy) is 1. The molecule has 0 unspecified atom stereocenters. The molecule has 0 atom stereocenters. The number of rotatable bonds is 8. The Kier molecular flexibility index (Phi) is 8.48. The second-order valence-electron chi connectivity index (χ2n) is 9.09. The molecule has 1 amide bonds. The lowest BCUT2D eigenvalue weighted by Crippen LogP contribution is -2.45. The van der Waals surface area contributed by atoms with Crippen molar-refractivity contribution in [2.45, 2.75) is 26.6 Å². The van der Waals surface area contributed by atoms with Gasteiger partial charge in [0.25, 0.3) is 5.91 Å². The quantitative estimate of drug-likeness (QED) is 0.425. The molecule has 0 aliphatic carbocycles. The Bertz CT molecular complexity index is 1280. The zero-order chi connectivity index (χ0) is 27.3. The van der Waals surface area contributed by atoms with Crippen molar-refractivity contribution in [3.8, 4) is 11.6 Å².